The topological polar surface area (TPSA) is 12.0 Å². The maximum Gasteiger partial charge on any atom is 0.0487 e. The summed E-state index contributed by atoms with van der Waals surface area (Å²) in [6, 6.07) is 6.81. The number of rotatable bonds is 5. The second-order valence-electron chi connectivity index (χ2n) is 3.66. The molecule has 1 unspecified atom stereocenters. The number of hydrogen-bond acceptors (Lipinski definition) is 1. The van der Waals surface area contributed by atoms with Crippen molar-refractivity contribution in [1.29, 1.82) is 0 Å². The first kappa shape index (κ1) is 13.0. The molecule has 1 atom stereocenters. The van der Waals surface area contributed by atoms with E-state index in [1.165, 1.54) is 18.5 Å². The van der Waals surface area contributed by atoms with E-state index in [2.05, 4.69) is 69.2 Å². The summed E-state index contributed by atoms with van der Waals surface area (Å²) in [5, 5.41) is 3.56. The van der Waals surface area contributed by atoms with Gasteiger partial charge in [0.25, 0.3) is 0 Å². The average molecular weight is 335 g/mol. The minimum absolute atomic E-state index is 0.576. The standard InChI is InChI=1S/C12H17Br2N/c1-3-5-10(4-2)15-12-7-6-9(13)8-11(12)14/h6-8,10,15H,3-5H2,1-2H3. The summed E-state index contributed by atoms with van der Waals surface area (Å²) < 4.78 is 2.22. The maximum atomic E-state index is 3.56. The Hall–Kier alpha value is -0.0200. The molecule has 0 saturated heterocycles. The van der Waals surface area contributed by atoms with Gasteiger partial charge in [-0.25, -0.2) is 0 Å². The molecule has 1 nitrogen and oxygen atoms in total. The van der Waals surface area contributed by atoms with Gasteiger partial charge in [-0.1, -0.05) is 36.2 Å². The summed E-state index contributed by atoms with van der Waals surface area (Å²) in [6.07, 6.45) is 3.61. The molecule has 0 aliphatic carbocycles. The molecule has 0 spiro atoms. The van der Waals surface area contributed by atoms with Gasteiger partial charge in [0.1, 0.15) is 0 Å². The van der Waals surface area contributed by atoms with Gasteiger partial charge in [0.15, 0.2) is 0 Å². The molecule has 15 heavy (non-hydrogen) atoms. The molecule has 1 N–H and O–H groups in total. The lowest BCUT2D eigenvalue weighted by Crippen LogP contribution is -2.18. The summed E-state index contributed by atoms with van der Waals surface area (Å²) >= 11 is 7.02. The summed E-state index contributed by atoms with van der Waals surface area (Å²) in [7, 11) is 0. The molecule has 3 heteroatoms. The number of benzene rings is 1. The second-order valence-corrected chi connectivity index (χ2v) is 5.43. The highest BCUT2D eigenvalue weighted by Crippen LogP contribution is 2.27. The average Bonchev–Trinajstić information content (AvgIpc) is 2.21. The van der Waals surface area contributed by atoms with Crippen LogP contribution in [0.5, 0.6) is 0 Å². The minimum atomic E-state index is 0.576. The molecule has 0 radical (unpaired) electrons. The van der Waals surface area contributed by atoms with Crippen LogP contribution in [-0.4, -0.2) is 6.04 Å². The van der Waals surface area contributed by atoms with Crippen LogP contribution in [0.1, 0.15) is 33.1 Å². The number of halogens is 2. The van der Waals surface area contributed by atoms with Crippen molar-refractivity contribution in [3.63, 3.8) is 0 Å². The first-order valence-electron chi connectivity index (χ1n) is 5.39. The van der Waals surface area contributed by atoms with Crippen LogP contribution in [0, 0.1) is 0 Å². The Morgan fingerprint density at radius 1 is 1.27 bits per heavy atom. The molecule has 1 aromatic carbocycles. The largest absolute Gasteiger partial charge is 0.381 e. The Balaban J connectivity index is 2.70. The fourth-order valence-electron chi connectivity index (χ4n) is 1.55. The fourth-order valence-corrected chi connectivity index (χ4v) is 2.71. The van der Waals surface area contributed by atoms with E-state index in [4.69, 9.17) is 0 Å². The van der Waals surface area contributed by atoms with Crippen molar-refractivity contribution in [3.05, 3.63) is 27.1 Å². The van der Waals surface area contributed by atoms with Crippen molar-refractivity contribution in [2.24, 2.45) is 0 Å². The predicted octanol–water partition coefficient (Wildman–Crippen LogP) is 5.20. The van der Waals surface area contributed by atoms with Crippen molar-refractivity contribution in [1.82, 2.24) is 0 Å². The van der Waals surface area contributed by atoms with Crippen LogP contribution < -0.4 is 5.32 Å². The maximum absolute atomic E-state index is 3.56. The van der Waals surface area contributed by atoms with E-state index in [1.54, 1.807) is 0 Å². The third kappa shape index (κ3) is 4.15. The van der Waals surface area contributed by atoms with E-state index in [0.29, 0.717) is 6.04 Å². The Morgan fingerprint density at radius 3 is 2.53 bits per heavy atom. The van der Waals surface area contributed by atoms with Gasteiger partial charge >= 0.3 is 0 Å². The SMILES string of the molecule is CCCC(CC)Nc1ccc(Br)cc1Br. The third-order valence-electron chi connectivity index (χ3n) is 2.42. The van der Waals surface area contributed by atoms with E-state index in [0.717, 1.165) is 15.4 Å². The number of nitrogens with one attached hydrogen (secondary N) is 1. The molecular formula is C12H17Br2N. The Morgan fingerprint density at radius 2 is 2.00 bits per heavy atom. The molecule has 0 aromatic heterocycles. The zero-order chi connectivity index (χ0) is 11.3. The second kappa shape index (κ2) is 6.54. The first-order valence-corrected chi connectivity index (χ1v) is 6.97. The first-order chi connectivity index (χ1) is 7.17. The molecular weight excluding hydrogens is 318 g/mol. The lowest BCUT2D eigenvalue weighted by Gasteiger charge is -2.18. The van der Waals surface area contributed by atoms with E-state index < -0.39 is 0 Å². The predicted molar refractivity (Wildman–Crippen MR) is 74.5 cm³/mol. The van der Waals surface area contributed by atoms with Gasteiger partial charge in [0.05, 0.1) is 0 Å². The smallest absolute Gasteiger partial charge is 0.0487 e. The lowest BCUT2D eigenvalue weighted by molar-refractivity contribution is 0.622. The lowest BCUT2D eigenvalue weighted by atomic mass is 10.1. The summed E-state index contributed by atoms with van der Waals surface area (Å²) in [4.78, 5) is 0. The zero-order valence-electron chi connectivity index (χ0n) is 9.19. The molecule has 1 aromatic rings. The molecule has 0 aliphatic rings. The van der Waals surface area contributed by atoms with Crippen LogP contribution in [0.3, 0.4) is 0 Å². The Labute approximate surface area is 109 Å². The van der Waals surface area contributed by atoms with Gasteiger partial charge in [-0.2, -0.15) is 0 Å². The van der Waals surface area contributed by atoms with E-state index >= 15 is 0 Å². The van der Waals surface area contributed by atoms with Gasteiger partial charge in [0.2, 0.25) is 0 Å². The van der Waals surface area contributed by atoms with Crippen LogP contribution in [0.4, 0.5) is 5.69 Å². The van der Waals surface area contributed by atoms with E-state index in [1.807, 2.05) is 0 Å². The molecule has 0 saturated carbocycles. The third-order valence-corrected chi connectivity index (χ3v) is 3.57. The van der Waals surface area contributed by atoms with E-state index in [9.17, 15) is 0 Å². The zero-order valence-corrected chi connectivity index (χ0v) is 12.4. The van der Waals surface area contributed by atoms with Crippen molar-refractivity contribution < 1.29 is 0 Å². The molecule has 0 fully saturated rings. The number of anilines is 1. The fraction of sp³-hybridized carbons (Fsp3) is 0.500. The summed E-state index contributed by atoms with van der Waals surface area (Å²) in [5.41, 5.74) is 1.18. The van der Waals surface area contributed by atoms with Gasteiger partial charge in [-0.3, -0.25) is 0 Å². The number of hydrogen-bond donors (Lipinski definition) is 1. The summed E-state index contributed by atoms with van der Waals surface area (Å²) in [6.45, 7) is 4.45. The highest BCUT2D eigenvalue weighted by molar-refractivity contribution is 9.11. The molecule has 84 valence electrons. The molecule has 0 amide bonds. The molecule has 1 rings (SSSR count). The van der Waals surface area contributed by atoms with Crippen LogP contribution in [0.25, 0.3) is 0 Å². The normalized spacial score (nSPS) is 12.5. The molecule has 0 heterocycles. The van der Waals surface area contributed by atoms with Gasteiger partial charge in [-0.15, -0.1) is 0 Å². The monoisotopic (exact) mass is 333 g/mol. The highest BCUT2D eigenvalue weighted by Gasteiger charge is 2.07. The van der Waals surface area contributed by atoms with Gasteiger partial charge < -0.3 is 5.32 Å². The van der Waals surface area contributed by atoms with Crippen molar-refractivity contribution in [3.8, 4) is 0 Å². The Bertz CT molecular complexity index is 312. The van der Waals surface area contributed by atoms with Crippen LogP contribution in [0.2, 0.25) is 0 Å². The van der Waals surface area contributed by atoms with Crippen molar-refractivity contribution >= 4 is 37.5 Å². The molecule has 0 bridgehead atoms. The van der Waals surface area contributed by atoms with Crippen LogP contribution in [-0.2, 0) is 0 Å². The summed E-state index contributed by atoms with van der Waals surface area (Å²) in [5.74, 6) is 0. The Kier molecular flexibility index (Phi) is 5.69. The minimum Gasteiger partial charge on any atom is -0.381 e. The quantitative estimate of drug-likeness (QED) is 0.780. The van der Waals surface area contributed by atoms with Crippen LogP contribution >= 0.6 is 31.9 Å². The van der Waals surface area contributed by atoms with Crippen LogP contribution in [0.15, 0.2) is 27.1 Å². The highest BCUT2D eigenvalue weighted by atomic mass is 79.9. The van der Waals surface area contributed by atoms with Crippen molar-refractivity contribution in [2.75, 3.05) is 5.32 Å². The van der Waals surface area contributed by atoms with Gasteiger partial charge in [-0.05, 0) is 47.0 Å². The van der Waals surface area contributed by atoms with Gasteiger partial charge in [0, 0.05) is 20.7 Å². The molecule has 0 aliphatic heterocycles. The van der Waals surface area contributed by atoms with Crippen molar-refractivity contribution in [2.45, 2.75) is 39.2 Å². The van der Waals surface area contributed by atoms with E-state index in [-0.39, 0.29) is 0 Å².